The number of pyridine rings is 1. The molecule has 1 aromatic heterocycles. The van der Waals surface area contributed by atoms with Crippen molar-refractivity contribution in [2.45, 2.75) is 23.6 Å². The Morgan fingerprint density at radius 3 is 2.89 bits per heavy atom. The Kier molecular flexibility index (Phi) is 4.39. The van der Waals surface area contributed by atoms with Crippen LogP contribution in [0.15, 0.2) is 35.4 Å². The van der Waals surface area contributed by atoms with Crippen LogP contribution < -0.4 is 5.73 Å². The zero-order chi connectivity index (χ0) is 13.8. The third-order valence-electron chi connectivity index (χ3n) is 2.83. The molecule has 0 bridgehead atoms. The van der Waals surface area contributed by atoms with Crippen LogP contribution in [-0.4, -0.2) is 27.8 Å². The van der Waals surface area contributed by atoms with Crippen LogP contribution in [0.5, 0.6) is 0 Å². The van der Waals surface area contributed by atoms with Gasteiger partial charge in [-0.25, -0.2) is 4.98 Å². The predicted molar refractivity (Wildman–Crippen MR) is 79.8 cm³/mol. The molecule has 0 spiro atoms. The van der Waals surface area contributed by atoms with Crippen LogP contribution in [0, 0.1) is 5.41 Å². The van der Waals surface area contributed by atoms with Crippen molar-refractivity contribution in [2.24, 2.45) is 5.73 Å². The van der Waals surface area contributed by atoms with Crippen LogP contribution in [0.4, 0.5) is 0 Å². The highest BCUT2D eigenvalue weighted by Crippen LogP contribution is 2.29. The van der Waals surface area contributed by atoms with E-state index in [2.05, 4.69) is 4.98 Å². The minimum atomic E-state index is 0.0250. The lowest BCUT2D eigenvalue weighted by Crippen LogP contribution is -2.14. The van der Waals surface area contributed by atoms with Gasteiger partial charge in [-0.1, -0.05) is 25.1 Å². The summed E-state index contributed by atoms with van der Waals surface area (Å²) in [7, 11) is 0. The first-order chi connectivity index (χ1) is 9.11. The number of nitrogens with one attached hydrogen (secondary N) is 1. The second-order valence-corrected chi connectivity index (χ2v) is 5.82. The summed E-state index contributed by atoms with van der Waals surface area (Å²) in [6, 6.07) is 9.68. The van der Waals surface area contributed by atoms with E-state index in [0.717, 1.165) is 15.9 Å². The number of aromatic nitrogens is 1. The maximum Gasteiger partial charge on any atom is 0.125 e. The van der Waals surface area contributed by atoms with Crippen LogP contribution in [0.25, 0.3) is 10.9 Å². The van der Waals surface area contributed by atoms with E-state index >= 15 is 0 Å². The largest absolute Gasteiger partial charge is 0.396 e. The fraction of sp³-hybridized carbons (Fsp3) is 0.286. The molecule has 0 saturated heterocycles. The van der Waals surface area contributed by atoms with Crippen LogP contribution in [0.3, 0.4) is 0 Å². The van der Waals surface area contributed by atoms with Crippen molar-refractivity contribution in [3.8, 4) is 0 Å². The maximum absolute atomic E-state index is 8.96. The Bertz CT molecular complexity index is 600. The minimum Gasteiger partial charge on any atom is -0.396 e. The SMILES string of the molecule is CC(CCO)Sc1nc2ccccc2cc1C(=N)N. The summed E-state index contributed by atoms with van der Waals surface area (Å²) in [6.07, 6.45) is 0.691. The quantitative estimate of drug-likeness (QED) is 0.444. The molecule has 0 saturated carbocycles. The molecule has 0 radical (unpaired) electrons. The number of rotatable bonds is 5. The summed E-state index contributed by atoms with van der Waals surface area (Å²) in [6.45, 7) is 2.18. The molecule has 1 unspecified atom stereocenters. The third kappa shape index (κ3) is 3.24. The van der Waals surface area contributed by atoms with Gasteiger partial charge < -0.3 is 10.8 Å². The number of benzene rings is 1. The number of nitrogens with two attached hydrogens (primary N) is 1. The van der Waals surface area contributed by atoms with Gasteiger partial charge in [0, 0.05) is 22.8 Å². The molecule has 19 heavy (non-hydrogen) atoms. The van der Waals surface area contributed by atoms with Crippen molar-refractivity contribution < 1.29 is 5.11 Å². The monoisotopic (exact) mass is 275 g/mol. The lowest BCUT2D eigenvalue weighted by molar-refractivity contribution is 0.289. The summed E-state index contributed by atoms with van der Waals surface area (Å²) < 4.78 is 0. The smallest absolute Gasteiger partial charge is 0.125 e. The lowest BCUT2D eigenvalue weighted by Gasteiger charge is -2.13. The summed E-state index contributed by atoms with van der Waals surface area (Å²) in [4.78, 5) is 4.58. The minimum absolute atomic E-state index is 0.0250. The second-order valence-electron chi connectivity index (χ2n) is 4.39. The zero-order valence-electron chi connectivity index (χ0n) is 10.8. The highest BCUT2D eigenvalue weighted by molar-refractivity contribution is 7.99. The molecule has 4 nitrogen and oxygen atoms in total. The number of nitrogen functional groups attached to an aromatic ring is 1. The average molecular weight is 275 g/mol. The molecule has 0 aliphatic heterocycles. The summed E-state index contributed by atoms with van der Waals surface area (Å²) in [5.41, 5.74) is 7.19. The topological polar surface area (TPSA) is 83.0 Å². The standard InChI is InChI=1S/C14H17N3OS/c1-9(6-7-18)19-14-11(13(15)16)8-10-4-2-3-5-12(10)17-14/h2-5,8-9,18H,6-7H2,1H3,(H3,15,16). The van der Waals surface area contributed by atoms with E-state index in [1.165, 1.54) is 0 Å². The van der Waals surface area contributed by atoms with Gasteiger partial charge >= 0.3 is 0 Å². The van der Waals surface area contributed by atoms with E-state index in [4.69, 9.17) is 16.2 Å². The molecule has 4 N–H and O–H groups in total. The molecule has 1 heterocycles. The van der Waals surface area contributed by atoms with Gasteiger partial charge in [-0.3, -0.25) is 5.41 Å². The van der Waals surface area contributed by atoms with Gasteiger partial charge in [0.05, 0.1) is 5.52 Å². The van der Waals surface area contributed by atoms with Gasteiger partial charge in [-0.05, 0) is 18.6 Å². The van der Waals surface area contributed by atoms with Gasteiger partial charge in [0.2, 0.25) is 0 Å². The number of hydrogen-bond acceptors (Lipinski definition) is 4. The molecular weight excluding hydrogens is 258 g/mol. The Morgan fingerprint density at radius 1 is 1.47 bits per heavy atom. The molecule has 0 aliphatic carbocycles. The van der Waals surface area contributed by atoms with Crippen molar-refractivity contribution in [3.05, 3.63) is 35.9 Å². The van der Waals surface area contributed by atoms with Crippen molar-refractivity contribution in [1.82, 2.24) is 4.98 Å². The van der Waals surface area contributed by atoms with Crippen LogP contribution in [0.2, 0.25) is 0 Å². The van der Waals surface area contributed by atoms with Crippen molar-refractivity contribution in [2.75, 3.05) is 6.61 Å². The van der Waals surface area contributed by atoms with Crippen molar-refractivity contribution in [1.29, 1.82) is 5.41 Å². The number of aliphatic hydroxyl groups excluding tert-OH is 1. The van der Waals surface area contributed by atoms with Gasteiger partial charge in [0.1, 0.15) is 10.9 Å². The highest BCUT2D eigenvalue weighted by atomic mass is 32.2. The number of hydrogen-bond donors (Lipinski definition) is 3. The second kappa shape index (κ2) is 6.04. The van der Waals surface area contributed by atoms with Gasteiger partial charge in [-0.15, -0.1) is 11.8 Å². The van der Waals surface area contributed by atoms with E-state index in [1.54, 1.807) is 11.8 Å². The van der Waals surface area contributed by atoms with Crippen molar-refractivity contribution >= 4 is 28.5 Å². The first-order valence-corrected chi connectivity index (χ1v) is 7.01. The first-order valence-electron chi connectivity index (χ1n) is 6.13. The molecule has 2 rings (SSSR count). The molecular formula is C14H17N3OS. The molecule has 0 aliphatic rings. The predicted octanol–water partition coefficient (Wildman–Crippen LogP) is 2.38. The normalized spacial score (nSPS) is 12.5. The fourth-order valence-electron chi connectivity index (χ4n) is 1.81. The Balaban J connectivity index is 2.44. The van der Waals surface area contributed by atoms with E-state index in [0.29, 0.717) is 12.0 Å². The van der Waals surface area contributed by atoms with Gasteiger partial charge in [0.25, 0.3) is 0 Å². The van der Waals surface area contributed by atoms with E-state index < -0.39 is 0 Å². The number of amidine groups is 1. The maximum atomic E-state index is 8.96. The summed E-state index contributed by atoms with van der Waals surface area (Å²) in [5, 5.41) is 18.6. The molecule has 100 valence electrons. The number of para-hydroxylation sites is 1. The van der Waals surface area contributed by atoms with Gasteiger partial charge in [-0.2, -0.15) is 0 Å². The molecule has 5 heteroatoms. The van der Waals surface area contributed by atoms with E-state index in [1.807, 2.05) is 37.3 Å². The van der Waals surface area contributed by atoms with Crippen molar-refractivity contribution in [3.63, 3.8) is 0 Å². The number of aliphatic hydroxyl groups is 1. The number of fused-ring (bicyclic) bond motifs is 1. The van der Waals surface area contributed by atoms with Crippen LogP contribution in [0.1, 0.15) is 18.9 Å². The van der Waals surface area contributed by atoms with Gasteiger partial charge in [0.15, 0.2) is 0 Å². The Labute approximate surface area is 116 Å². The van der Waals surface area contributed by atoms with Crippen LogP contribution in [-0.2, 0) is 0 Å². The Hall–Kier alpha value is -1.59. The molecule has 1 atom stereocenters. The molecule has 2 aromatic rings. The van der Waals surface area contributed by atoms with Crippen LogP contribution >= 0.6 is 11.8 Å². The number of thioether (sulfide) groups is 1. The van der Waals surface area contributed by atoms with E-state index in [9.17, 15) is 0 Å². The molecule has 1 aromatic carbocycles. The summed E-state index contributed by atoms with van der Waals surface area (Å²) >= 11 is 1.55. The zero-order valence-corrected chi connectivity index (χ0v) is 11.6. The number of nitrogens with zero attached hydrogens (tertiary/aromatic N) is 1. The fourth-order valence-corrected chi connectivity index (χ4v) is 2.86. The average Bonchev–Trinajstić information content (AvgIpc) is 2.38. The molecule has 0 amide bonds. The summed E-state index contributed by atoms with van der Waals surface area (Å²) in [5.74, 6) is 0.0250. The lowest BCUT2D eigenvalue weighted by atomic mass is 10.1. The molecule has 0 fully saturated rings. The third-order valence-corrected chi connectivity index (χ3v) is 4.00. The Morgan fingerprint density at radius 2 is 2.21 bits per heavy atom. The first kappa shape index (κ1) is 13.8. The van der Waals surface area contributed by atoms with E-state index in [-0.39, 0.29) is 17.7 Å². The highest BCUT2D eigenvalue weighted by Gasteiger charge is 2.13.